The van der Waals surface area contributed by atoms with Gasteiger partial charge in [-0.25, -0.2) is 43.1 Å². The lowest BCUT2D eigenvalue weighted by atomic mass is 9.97. The van der Waals surface area contributed by atoms with Crippen LogP contribution in [-0.4, -0.2) is 139 Å². The molecule has 2 aliphatic rings. The number of halogens is 3. The van der Waals surface area contributed by atoms with Crippen molar-refractivity contribution in [3.05, 3.63) is 450 Å². The van der Waals surface area contributed by atoms with E-state index in [2.05, 4.69) is 172 Å². The third kappa shape index (κ3) is 21.6. The zero-order chi connectivity index (χ0) is 102. The summed E-state index contributed by atoms with van der Waals surface area (Å²) in [6, 6.07) is 96.2. The van der Waals surface area contributed by atoms with Crippen LogP contribution in [0, 0.1) is 42.6 Å². The molecule has 0 unspecified atom stereocenters. The van der Waals surface area contributed by atoms with E-state index in [1.807, 2.05) is 244 Å². The Hall–Kier alpha value is -18.8. The second-order valence-corrected chi connectivity index (χ2v) is 36.5. The van der Waals surface area contributed by atoms with Crippen LogP contribution in [0.2, 0.25) is 0 Å². The Bertz CT molecular complexity index is 8960. The summed E-state index contributed by atoms with van der Waals surface area (Å²) in [5.41, 5.74) is 33.7. The topological polar surface area (TPSA) is 237 Å². The number of nitriles is 1. The van der Waals surface area contributed by atoms with Crippen molar-refractivity contribution in [2.24, 2.45) is 0 Å². The van der Waals surface area contributed by atoms with Gasteiger partial charge in [-0.15, -0.1) is 0 Å². The summed E-state index contributed by atoms with van der Waals surface area (Å²) in [4.78, 5) is 56.1. The van der Waals surface area contributed by atoms with E-state index in [1.54, 1.807) is 108 Å². The minimum Gasteiger partial charge on any atom is -0.497 e. The van der Waals surface area contributed by atoms with Gasteiger partial charge in [0.1, 0.15) is 51.5 Å². The monoisotopic (exact) mass is 1970 g/mol. The van der Waals surface area contributed by atoms with E-state index >= 15 is 0 Å². The summed E-state index contributed by atoms with van der Waals surface area (Å²) in [5.74, 6) is 1.02. The van der Waals surface area contributed by atoms with E-state index in [0.717, 1.165) is 242 Å². The Morgan fingerprint density at radius 1 is 0.307 bits per heavy atom. The minimum atomic E-state index is -0.249. The Labute approximate surface area is 864 Å². The summed E-state index contributed by atoms with van der Waals surface area (Å²) >= 11 is 0. The molecule has 150 heavy (non-hydrogen) atoms. The summed E-state index contributed by atoms with van der Waals surface area (Å²) in [5, 5.41) is 9.11. The lowest BCUT2D eigenvalue weighted by Gasteiger charge is -2.30. The van der Waals surface area contributed by atoms with Gasteiger partial charge in [-0.1, -0.05) is 72.8 Å². The van der Waals surface area contributed by atoms with Crippen LogP contribution < -0.4 is 9.47 Å². The Kier molecular flexibility index (Phi) is 29.0. The number of benzene rings is 8. The molecule has 0 N–H and O–H groups in total. The van der Waals surface area contributed by atoms with Crippen LogP contribution in [0.4, 0.5) is 13.2 Å². The number of ether oxygens (including phenoxy) is 3. The first kappa shape index (κ1) is 97.2. The largest absolute Gasteiger partial charge is 0.497 e. The predicted molar refractivity (Wildman–Crippen MR) is 584 cm³/mol. The van der Waals surface area contributed by atoms with Crippen molar-refractivity contribution in [3.8, 4) is 152 Å². The van der Waals surface area contributed by atoms with Crippen molar-refractivity contribution in [2.75, 3.05) is 47.6 Å². The fourth-order valence-corrected chi connectivity index (χ4v) is 19.2. The smallest absolute Gasteiger partial charge is 0.136 e. The number of piperidine rings is 1. The summed E-state index contributed by atoms with van der Waals surface area (Å²) < 4.78 is 69.4. The van der Waals surface area contributed by atoms with E-state index in [9.17, 15) is 13.2 Å². The maximum absolute atomic E-state index is 13.8. The molecule has 0 radical (unpaired) electrons. The molecule has 24 aromatic rings. The molecule has 26 heteroatoms. The molecule has 18 heterocycles. The number of hydrogen-bond acceptors (Lipinski definition) is 17. The number of fused-ring (bicyclic) bond motifs is 6. The van der Waals surface area contributed by atoms with E-state index < -0.39 is 0 Å². The molecular formula is C124H101F3N20O3. The van der Waals surface area contributed by atoms with Gasteiger partial charge in [0.2, 0.25) is 0 Å². The van der Waals surface area contributed by atoms with Crippen LogP contribution in [-0.2, 0) is 4.74 Å². The first-order chi connectivity index (χ1) is 73.7. The first-order valence-corrected chi connectivity index (χ1v) is 49.4. The van der Waals surface area contributed by atoms with Gasteiger partial charge in [-0.3, -0.25) is 29.9 Å². The first-order valence-electron chi connectivity index (χ1n) is 49.4. The number of aromatic nitrogens is 18. The van der Waals surface area contributed by atoms with Gasteiger partial charge in [-0.2, -0.15) is 5.26 Å². The maximum Gasteiger partial charge on any atom is 0.136 e. The Morgan fingerprint density at radius 3 is 1.02 bits per heavy atom. The summed E-state index contributed by atoms with van der Waals surface area (Å²) in [6.45, 7) is 7.37. The van der Waals surface area contributed by atoms with Crippen molar-refractivity contribution < 1.29 is 27.4 Å². The van der Waals surface area contributed by atoms with Gasteiger partial charge >= 0.3 is 0 Å². The number of imidazole rings is 6. The van der Waals surface area contributed by atoms with Crippen LogP contribution >= 0.6 is 0 Å². The molecule has 2 saturated heterocycles. The molecule has 0 atom stereocenters. The van der Waals surface area contributed by atoms with Crippen LogP contribution in [0.5, 0.6) is 11.5 Å². The van der Waals surface area contributed by atoms with Crippen molar-refractivity contribution in [1.82, 2.24) is 91.4 Å². The fourth-order valence-electron chi connectivity index (χ4n) is 19.2. The Morgan fingerprint density at radius 2 is 0.640 bits per heavy atom. The van der Waals surface area contributed by atoms with Gasteiger partial charge in [0, 0.05) is 226 Å². The molecule has 26 rings (SSSR count). The van der Waals surface area contributed by atoms with Gasteiger partial charge < -0.3 is 45.8 Å². The highest BCUT2D eigenvalue weighted by Crippen LogP contribution is 2.41. The highest BCUT2D eigenvalue weighted by Gasteiger charge is 2.25. The zero-order valence-corrected chi connectivity index (χ0v) is 82.9. The molecule has 2 aliphatic heterocycles. The quantitative estimate of drug-likeness (QED) is 0.0874. The SMILES string of the molecule is COc1ccc(-c2ncccc2-c2ccc3nccn3c2)cc1.COc1cccc(-c2ncccc2-c2ccc3nccn3c2)c1.Cc1cc(-c2ncccc2-c2ccc3ncn(C4CCN(C)CC4)c3c2)ccc1F.Cc1cc(-c2ncccc2-c2ccc3ncn(C4CCOCC4)c3c2)ccc1F.Fc1ccc(-c2ncccc2-c2ccc3nccn3c2)cc1.N#Cc1cccc(-c2ncccc2-c2ccc3nccn3c2)c1. The van der Waals surface area contributed by atoms with E-state index in [0.29, 0.717) is 28.8 Å². The molecule has 0 aliphatic carbocycles. The standard InChI is InChI=1S/C25H25FN4.C24H22FN3O.C19H12N4.2C19H15N3O.C18H12FN3/c1-17-14-19(5-7-22(17)26)25-21(4-3-11-27-25)18-6-8-23-24(15-18)30(16-28-23)20-9-12-29(2)13-10-20;1-16-13-18(4-6-21(16)25)24-20(3-2-10-26-24)17-5-7-22-23(14-17)28(15-27-22)19-8-11-29-12-9-19;20-12-14-3-1-4-15(11-14)19-17(5-2-8-22-19)16-6-7-18-21-9-10-23(18)13-16;1-23-16-5-2-4-14(12-16)19-17(6-3-9-21-19)15-7-8-18-20-10-11-22(18)13-15;1-23-16-7-4-14(5-8-16)19-17(3-2-10-21-19)15-6-9-18-20-11-12-22(18)13-15;19-15-6-3-13(4-7-15)18-16(2-1-9-21-18)14-5-8-17-20-10-11-22(17)12-14/h3-8,11,14-16,20H,9-10,12-13H2,1-2H3;2-7,10,13-15,19H,8-9,11-12H2,1H3;1-11,13H;2*2-13H,1H3;1-12H. The molecule has 0 amide bonds. The van der Waals surface area contributed by atoms with E-state index in [4.69, 9.17) is 19.5 Å². The number of pyridine rings is 10. The molecule has 736 valence electrons. The molecular weight excluding hydrogens is 1870 g/mol. The van der Waals surface area contributed by atoms with Crippen LogP contribution in [0.25, 0.3) is 179 Å². The van der Waals surface area contributed by atoms with Gasteiger partial charge in [0.05, 0.1) is 94.7 Å². The average Bonchev–Trinajstić information content (AvgIpc) is 1.61. The average molecular weight is 1980 g/mol. The van der Waals surface area contributed by atoms with Crippen LogP contribution in [0.15, 0.2) is 415 Å². The van der Waals surface area contributed by atoms with E-state index in [-0.39, 0.29) is 17.5 Å². The summed E-state index contributed by atoms with van der Waals surface area (Å²) in [6.07, 6.45) is 42.0. The van der Waals surface area contributed by atoms with Crippen LogP contribution in [0.3, 0.4) is 0 Å². The molecule has 0 saturated carbocycles. The van der Waals surface area contributed by atoms with Gasteiger partial charge in [0.15, 0.2) is 0 Å². The molecule has 8 aromatic carbocycles. The fraction of sp³-hybridized carbons (Fsp3) is 0.121. The van der Waals surface area contributed by atoms with Crippen LogP contribution in [0.1, 0.15) is 54.5 Å². The number of aryl methyl sites for hydroxylation is 2. The number of hydrogen-bond donors (Lipinski definition) is 0. The number of nitrogens with zero attached hydrogens (tertiary/aromatic N) is 20. The Balaban J connectivity index is 0.000000106. The zero-order valence-electron chi connectivity index (χ0n) is 82.9. The normalized spacial score (nSPS) is 12.6. The van der Waals surface area contributed by atoms with Crippen molar-refractivity contribution in [1.29, 1.82) is 5.26 Å². The van der Waals surface area contributed by atoms with Crippen molar-refractivity contribution in [3.63, 3.8) is 0 Å². The maximum atomic E-state index is 13.8. The second kappa shape index (κ2) is 44.8. The van der Waals surface area contributed by atoms with Crippen molar-refractivity contribution >= 4 is 44.7 Å². The lowest BCUT2D eigenvalue weighted by Crippen LogP contribution is -2.31. The highest BCUT2D eigenvalue weighted by molar-refractivity contribution is 5.91. The molecule has 23 nitrogen and oxygen atoms in total. The van der Waals surface area contributed by atoms with Crippen molar-refractivity contribution in [2.45, 2.75) is 51.6 Å². The minimum absolute atomic E-state index is 0.195. The third-order valence-electron chi connectivity index (χ3n) is 27.0. The van der Waals surface area contributed by atoms with Gasteiger partial charge in [0.25, 0.3) is 0 Å². The molecule has 16 aromatic heterocycles. The highest BCUT2D eigenvalue weighted by atomic mass is 19.1. The second-order valence-electron chi connectivity index (χ2n) is 36.5. The van der Waals surface area contributed by atoms with Gasteiger partial charge in [-0.05, 0) is 300 Å². The molecule has 2 fully saturated rings. The molecule has 0 bridgehead atoms. The number of rotatable bonds is 16. The van der Waals surface area contributed by atoms with E-state index in [1.165, 1.54) is 24.3 Å². The lowest BCUT2D eigenvalue weighted by molar-refractivity contribution is 0.0706. The third-order valence-corrected chi connectivity index (χ3v) is 27.0. The predicted octanol–water partition coefficient (Wildman–Crippen LogP) is 27.3. The number of methoxy groups -OCH3 is 2. The molecule has 0 spiro atoms. The summed E-state index contributed by atoms with van der Waals surface area (Å²) in [7, 11) is 5.52. The number of likely N-dealkylation sites (tertiary alicyclic amines) is 1.